The number of hydrogen-bond acceptors (Lipinski definition) is 5. The maximum Gasteiger partial charge on any atom is 0.573 e. The average Bonchev–Trinajstić information content (AvgIpc) is 2.59. The van der Waals surface area contributed by atoms with Gasteiger partial charge in [-0.25, -0.2) is 0 Å². The van der Waals surface area contributed by atoms with Crippen molar-refractivity contribution >= 4 is 17.5 Å². The van der Waals surface area contributed by atoms with Crippen LogP contribution in [0.3, 0.4) is 0 Å². The number of carbonyl (C=O) groups is 2. The number of carbonyl (C=O) groups excluding carboxylic acids is 2. The van der Waals surface area contributed by atoms with Crippen LogP contribution in [0.5, 0.6) is 5.75 Å². The van der Waals surface area contributed by atoms with Crippen molar-refractivity contribution in [3.63, 3.8) is 0 Å². The quantitative estimate of drug-likeness (QED) is 0.762. The van der Waals surface area contributed by atoms with Crippen molar-refractivity contribution in [3.05, 3.63) is 24.3 Å². The van der Waals surface area contributed by atoms with Gasteiger partial charge in [-0.2, -0.15) is 0 Å². The maximum atomic E-state index is 12.6. The number of rotatable bonds is 7. The molecule has 1 aliphatic heterocycles. The Hall–Kier alpha value is -2.49. The predicted molar refractivity (Wildman–Crippen MR) is 91.1 cm³/mol. The summed E-state index contributed by atoms with van der Waals surface area (Å²) < 4.78 is 46.0. The van der Waals surface area contributed by atoms with Gasteiger partial charge in [0.15, 0.2) is 0 Å². The van der Waals surface area contributed by atoms with E-state index in [2.05, 4.69) is 4.74 Å². The molecule has 1 aliphatic rings. The fourth-order valence-corrected chi connectivity index (χ4v) is 2.98. The van der Waals surface area contributed by atoms with Crippen LogP contribution in [0.15, 0.2) is 24.3 Å². The Morgan fingerprint density at radius 3 is 2.44 bits per heavy atom. The lowest BCUT2D eigenvalue weighted by Crippen LogP contribution is -2.51. The lowest BCUT2D eigenvalue weighted by Gasteiger charge is -2.37. The van der Waals surface area contributed by atoms with Gasteiger partial charge in [-0.3, -0.25) is 9.59 Å². The normalized spacial score (nSPS) is 16.1. The molecule has 2 rings (SSSR count). The van der Waals surface area contributed by atoms with E-state index in [1.54, 1.807) is 11.0 Å². The zero-order chi connectivity index (χ0) is 20.0. The molecule has 0 saturated carbocycles. The van der Waals surface area contributed by atoms with Crippen LogP contribution in [-0.2, 0) is 14.3 Å². The molecule has 150 valence electrons. The first-order valence-corrected chi connectivity index (χ1v) is 8.36. The standard InChI is InChI=1S/C17H22F3N3O4/c1-26-11-12(9-15(21)24)16(25)23-7-5-22(6-8-23)13-3-2-4-14(10-13)27-17(18,19)20/h2-4,10,12H,5-9,11H2,1H3,(H2,21,24). The summed E-state index contributed by atoms with van der Waals surface area (Å²) in [6.07, 6.45) is -4.84. The molecule has 1 fully saturated rings. The molecule has 0 spiro atoms. The van der Waals surface area contributed by atoms with E-state index < -0.39 is 18.2 Å². The molecule has 0 bridgehead atoms. The van der Waals surface area contributed by atoms with Crippen LogP contribution in [0.25, 0.3) is 0 Å². The summed E-state index contributed by atoms with van der Waals surface area (Å²) >= 11 is 0. The number of nitrogens with zero attached hydrogens (tertiary/aromatic N) is 2. The summed E-state index contributed by atoms with van der Waals surface area (Å²) in [5, 5.41) is 0. The fraction of sp³-hybridized carbons (Fsp3) is 0.529. The van der Waals surface area contributed by atoms with Gasteiger partial charge in [0.2, 0.25) is 11.8 Å². The molecule has 1 atom stereocenters. The molecular weight excluding hydrogens is 367 g/mol. The molecule has 0 aromatic heterocycles. The largest absolute Gasteiger partial charge is 0.573 e. The number of alkyl halides is 3. The molecule has 0 radical (unpaired) electrons. The molecule has 1 unspecified atom stereocenters. The van der Waals surface area contributed by atoms with Crippen molar-refractivity contribution in [2.24, 2.45) is 11.7 Å². The van der Waals surface area contributed by atoms with E-state index in [0.29, 0.717) is 31.9 Å². The van der Waals surface area contributed by atoms with Gasteiger partial charge < -0.3 is 25.0 Å². The Morgan fingerprint density at radius 1 is 1.22 bits per heavy atom. The highest BCUT2D eigenvalue weighted by Crippen LogP contribution is 2.27. The van der Waals surface area contributed by atoms with E-state index >= 15 is 0 Å². The number of anilines is 1. The van der Waals surface area contributed by atoms with Crippen LogP contribution in [-0.4, -0.2) is 63.0 Å². The third kappa shape index (κ3) is 6.31. The number of methoxy groups -OCH3 is 1. The first kappa shape index (κ1) is 20.8. The number of halogens is 3. The second-order valence-electron chi connectivity index (χ2n) is 6.18. The SMILES string of the molecule is COCC(CC(N)=O)C(=O)N1CCN(c2cccc(OC(F)(F)F)c2)CC1. The molecule has 1 heterocycles. The van der Waals surface area contributed by atoms with Gasteiger partial charge in [0.25, 0.3) is 0 Å². The zero-order valence-electron chi connectivity index (χ0n) is 14.9. The minimum Gasteiger partial charge on any atom is -0.406 e. The van der Waals surface area contributed by atoms with Crippen LogP contribution in [0.2, 0.25) is 0 Å². The van der Waals surface area contributed by atoms with Gasteiger partial charge in [0.1, 0.15) is 5.75 Å². The Labute approximate surface area is 154 Å². The number of ether oxygens (including phenoxy) is 2. The number of nitrogens with two attached hydrogens (primary N) is 1. The molecule has 2 amide bonds. The molecule has 27 heavy (non-hydrogen) atoms. The van der Waals surface area contributed by atoms with Crippen molar-refractivity contribution in [2.45, 2.75) is 12.8 Å². The van der Waals surface area contributed by atoms with Crippen molar-refractivity contribution in [1.29, 1.82) is 0 Å². The number of piperazine rings is 1. The van der Waals surface area contributed by atoms with Crippen molar-refractivity contribution in [3.8, 4) is 5.75 Å². The minimum absolute atomic E-state index is 0.0935. The minimum atomic E-state index is -4.75. The second-order valence-corrected chi connectivity index (χ2v) is 6.18. The maximum absolute atomic E-state index is 12.6. The average molecular weight is 389 g/mol. The van der Waals surface area contributed by atoms with Crippen LogP contribution in [0, 0.1) is 5.92 Å². The van der Waals surface area contributed by atoms with Gasteiger partial charge in [0, 0.05) is 51.5 Å². The lowest BCUT2D eigenvalue weighted by molar-refractivity contribution is -0.274. The van der Waals surface area contributed by atoms with Crippen LogP contribution in [0.1, 0.15) is 6.42 Å². The first-order chi connectivity index (χ1) is 12.7. The smallest absolute Gasteiger partial charge is 0.406 e. The summed E-state index contributed by atoms with van der Waals surface area (Å²) in [7, 11) is 1.44. The van der Waals surface area contributed by atoms with Gasteiger partial charge in [-0.1, -0.05) is 6.07 Å². The van der Waals surface area contributed by atoms with Crippen molar-refractivity contribution in [2.75, 3.05) is 44.8 Å². The summed E-state index contributed by atoms with van der Waals surface area (Å²) in [6.45, 7) is 1.73. The molecule has 1 aromatic carbocycles. The first-order valence-electron chi connectivity index (χ1n) is 8.36. The van der Waals surface area contributed by atoms with E-state index in [-0.39, 0.29) is 24.7 Å². The van der Waals surface area contributed by atoms with Gasteiger partial charge in [-0.15, -0.1) is 13.2 Å². The van der Waals surface area contributed by atoms with Gasteiger partial charge in [0.05, 0.1) is 12.5 Å². The lowest BCUT2D eigenvalue weighted by atomic mass is 10.0. The highest BCUT2D eigenvalue weighted by molar-refractivity contribution is 5.85. The third-order valence-corrected chi connectivity index (χ3v) is 4.17. The van der Waals surface area contributed by atoms with E-state index in [4.69, 9.17) is 10.5 Å². The topological polar surface area (TPSA) is 85.1 Å². The number of primary amides is 1. The Morgan fingerprint density at radius 2 is 1.89 bits per heavy atom. The van der Waals surface area contributed by atoms with Gasteiger partial charge in [-0.05, 0) is 12.1 Å². The molecule has 7 nitrogen and oxygen atoms in total. The monoisotopic (exact) mass is 389 g/mol. The summed E-state index contributed by atoms with van der Waals surface area (Å²) in [5.41, 5.74) is 5.76. The Bertz CT molecular complexity index is 661. The van der Waals surface area contributed by atoms with Gasteiger partial charge >= 0.3 is 6.36 Å². The number of hydrogen-bond donors (Lipinski definition) is 1. The molecule has 10 heteroatoms. The van der Waals surface area contributed by atoms with E-state index in [1.807, 2.05) is 4.90 Å². The van der Waals surface area contributed by atoms with Crippen molar-refractivity contribution in [1.82, 2.24) is 4.90 Å². The summed E-state index contributed by atoms with van der Waals surface area (Å²) in [6, 6.07) is 5.71. The molecule has 1 aromatic rings. The third-order valence-electron chi connectivity index (χ3n) is 4.17. The summed E-state index contributed by atoms with van der Waals surface area (Å²) in [4.78, 5) is 27.2. The molecule has 2 N–H and O–H groups in total. The van der Waals surface area contributed by atoms with E-state index in [9.17, 15) is 22.8 Å². The Kier molecular flexibility index (Phi) is 6.89. The fourth-order valence-electron chi connectivity index (χ4n) is 2.98. The Balaban J connectivity index is 1.97. The highest BCUT2D eigenvalue weighted by Gasteiger charge is 2.32. The van der Waals surface area contributed by atoms with Crippen LogP contribution < -0.4 is 15.4 Å². The highest BCUT2D eigenvalue weighted by atomic mass is 19.4. The van der Waals surface area contributed by atoms with Crippen molar-refractivity contribution < 1.29 is 32.2 Å². The summed E-state index contributed by atoms with van der Waals surface area (Å²) in [5.74, 6) is -1.72. The van der Waals surface area contributed by atoms with Crippen LogP contribution in [0.4, 0.5) is 18.9 Å². The van der Waals surface area contributed by atoms with Crippen LogP contribution >= 0.6 is 0 Å². The van der Waals surface area contributed by atoms with E-state index in [0.717, 1.165) is 0 Å². The molecular formula is C17H22F3N3O4. The predicted octanol–water partition coefficient (Wildman–Crippen LogP) is 1.37. The number of amides is 2. The second kappa shape index (κ2) is 8.94. The zero-order valence-corrected chi connectivity index (χ0v) is 14.9. The van der Waals surface area contributed by atoms with E-state index in [1.165, 1.54) is 25.3 Å². The number of benzene rings is 1. The molecule has 0 aliphatic carbocycles. The molecule has 1 saturated heterocycles.